The molecule has 0 aromatic heterocycles. The van der Waals surface area contributed by atoms with Crippen molar-refractivity contribution in [3.63, 3.8) is 0 Å². The monoisotopic (exact) mass is 474 g/mol. The Morgan fingerprint density at radius 2 is 1.52 bits per heavy atom. The van der Waals surface area contributed by atoms with Crippen molar-refractivity contribution in [3.8, 4) is 0 Å². The SMILES string of the molecule is O=C(CN(c1ccccc1)S(=O)(=O)c1ccccc1)NCCCSc1ccc(Cl)cc1. The normalized spacial score (nSPS) is 11.1. The molecule has 3 rings (SSSR count). The van der Waals surface area contributed by atoms with Crippen molar-refractivity contribution >= 4 is 45.0 Å². The highest BCUT2D eigenvalue weighted by Crippen LogP contribution is 2.23. The van der Waals surface area contributed by atoms with Gasteiger partial charge in [-0.05, 0) is 60.7 Å². The Kier molecular flexibility index (Phi) is 8.40. The molecule has 0 saturated heterocycles. The first-order chi connectivity index (χ1) is 15.0. The van der Waals surface area contributed by atoms with Crippen molar-refractivity contribution in [2.24, 2.45) is 0 Å². The molecule has 162 valence electrons. The van der Waals surface area contributed by atoms with Crippen LogP contribution in [0.5, 0.6) is 0 Å². The minimum atomic E-state index is -3.87. The predicted molar refractivity (Wildman–Crippen MR) is 127 cm³/mol. The van der Waals surface area contributed by atoms with Crippen molar-refractivity contribution in [3.05, 3.63) is 90.0 Å². The van der Waals surface area contributed by atoms with Gasteiger partial charge < -0.3 is 5.32 Å². The topological polar surface area (TPSA) is 66.5 Å². The number of amides is 1. The second-order valence-electron chi connectivity index (χ2n) is 6.67. The van der Waals surface area contributed by atoms with Crippen LogP contribution in [0.2, 0.25) is 5.02 Å². The fourth-order valence-corrected chi connectivity index (χ4v) is 5.26. The van der Waals surface area contributed by atoms with Crippen LogP contribution in [0, 0.1) is 0 Å². The third-order valence-electron chi connectivity index (χ3n) is 4.39. The van der Waals surface area contributed by atoms with E-state index in [1.54, 1.807) is 60.3 Å². The van der Waals surface area contributed by atoms with E-state index in [2.05, 4.69) is 5.32 Å². The van der Waals surface area contributed by atoms with E-state index in [1.165, 1.54) is 12.1 Å². The Balaban J connectivity index is 1.58. The molecule has 0 spiro atoms. The van der Waals surface area contributed by atoms with Crippen molar-refractivity contribution in [1.29, 1.82) is 0 Å². The predicted octanol–water partition coefficient (Wildman–Crippen LogP) is 4.83. The second kappa shape index (κ2) is 11.2. The Bertz CT molecular complexity index is 1080. The Morgan fingerprint density at radius 1 is 0.903 bits per heavy atom. The van der Waals surface area contributed by atoms with Gasteiger partial charge in [0, 0.05) is 16.5 Å². The quantitative estimate of drug-likeness (QED) is 0.337. The molecule has 0 aliphatic heterocycles. The molecular weight excluding hydrogens is 452 g/mol. The van der Waals surface area contributed by atoms with Gasteiger partial charge in [-0.2, -0.15) is 0 Å². The summed E-state index contributed by atoms with van der Waals surface area (Å²) in [6.07, 6.45) is 0.760. The number of para-hydroxylation sites is 1. The number of rotatable bonds is 10. The lowest BCUT2D eigenvalue weighted by atomic mass is 10.3. The molecule has 0 bridgehead atoms. The van der Waals surface area contributed by atoms with Gasteiger partial charge in [0.2, 0.25) is 5.91 Å². The molecule has 1 N–H and O–H groups in total. The number of sulfonamides is 1. The number of halogens is 1. The molecule has 0 saturated carbocycles. The molecule has 5 nitrogen and oxygen atoms in total. The second-order valence-corrected chi connectivity index (χ2v) is 10.1. The average molecular weight is 475 g/mol. The fourth-order valence-electron chi connectivity index (χ4n) is 2.84. The molecule has 0 fully saturated rings. The van der Waals surface area contributed by atoms with Gasteiger partial charge in [0.25, 0.3) is 10.0 Å². The minimum Gasteiger partial charge on any atom is -0.354 e. The molecule has 0 heterocycles. The van der Waals surface area contributed by atoms with E-state index < -0.39 is 10.0 Å². The molecule has 0 radical (unpaired) electrons. The number of hydrogen-bond acceptors (Lipinski definition) is 4. The van der Waals surface area contributed by atoms with Crippen LogP contribution in [-0.2, 0) is 14.8 Å². The number of hydrogen-bond donors (Lipinski definition) is 1. The van der Waals surface area contributed by atoms with Gasteiger partial charge >= 0.3 is 0 Å². The number of nitrogens with one attached hydrogen (secondary N) is 1. The Morgan fingerprint density at radius 3 is 2.16 bits per heavy atom. The van der Waals surface area contributed by atoms with Crippen LogP contribution in [0.3, 0.4) is 0 Å². The number of carbonyl (C=O) groups excluding carboxylic acids is 1. The molecule has 1 amide bonds. The number of carbonyl (C=O) groups is 1. The van der Waals surface area contributed by atoms with Crippen molar-refractivity contribution in [2.45, 2.75) is 16.2 Å². The van der Waals surface area contributed by atoms with E-state index in [9.17, 15) is 13.2 Å². The third kappa shape index (κ3) is 6.75. The highest BCUT2D eigenvalue weighted by atomic mass is 35.5. The summed E-state index contributed by atoms with van der Waals surface area (Å²) in [5, 5.41) is 3.52. The molecule has 0 aliphatic carbocycles. The number of benzene rings is 3. The summed E-state index contributed by atoms with van der Waals surface area (Å²) in [5.41, 5.74) is 0.444. The van der Waals surface area contributed by atoms with Gasteiger partial charge in [-0.25, -0.2) is 8.42 Å². The zero-order valence-electron chi connectivity index (χ0n) is 16.8. The first-order valence-electron chi connectivity index (χ1n) is 9.75. The lowest BCUT2D eigenvalue weighted by molar-refractivity contribution is -0.119. The first kappa shape index (κ1) is 23.2. The van der Waals surface area contributed by atoms with Crippen LogP contribution >= 0.6 is 23.4 Å². The van der Waals surface area contributed by atoms with E-state index in [1.807, 2.05) is 24.3 Å². The van der Waals surface area contributed by atoms with Crippen molar-refractivity contribution in [2.75, 3.05) is 23.1 Å². The summed E-state index contributed by atoms with van der Waals surface area (Å²) < 4.78 is 27.5. The van der Waals surface area contributed by atoms with Crippen LogP contribution in [0.25, 0.3) is 0 Å². The fraction of sp³-hybridized carbons (Fsp3) is 0.174. The smallest absolute Gasteiger partial charge is 0.264 e. The van der Waals surface area contributed by atoms with Crippen LogP contribution in [0.1, 0.15) is 6.42 Å². The zero-order chi connectivity index (χ0) is 22.1. The van der Waals surface area contributed by atoms with Crippen LogP contribution in [0.15, 0.2) is 94.7 Å². The molecule has 0 unspecified atom stereocenters. The molecule has 0 atom stereocenters. The van der Waals surface area contributed by atoms with Crippen LogP contribution in [-0.4, -0.2) is 33.2 Å². The molecule has 3 aromatic carbocycles. The van der Waals surface area contributed by atoms with Crippen LogP contribution < -0.4 is 9.62 Å². The van der Waals surface area contributed by atoms with Gasteiger partial charge in [-0.3, -0.25) is 9.10 Å². The third-order valence-corrected chi connectivity index (χ3v) is 7.53. The highest BCUT2D eigenvalue weighted by Gasteiger charge is 2.26. The van der Waals surface area contributed by atoms with Crippen molar-refractivity contribution < 1.29 is 13.2 Å². The van der Waals surface area contributed by atoms with Gasteiger partial charge in [-0.1, -0.05) is 48.0 Å². The standard InChI is InChI=1S/C23H23ClN2O3S2/c24-19-12-14-21(15-13-19)30-17-7-16-25-23(27)18-26(20-8-3-1-4-9-20)31(28,29)22-10-5-2-6-11-22/h1-6,8-15H,7,16-18H2,(H,25,27). The summed E-state index contributed by atoms with van der Waals surface area (Å²) in [7, 11) is -3.87. The van der Waals surface area contributed by atoms with E-state index in [0.717, 1.165) is 21.4 Å². The summed E-state index contributed by atoms with van der Waals surface area (Å²) in [6, 6.07) is 24.4. The lowest BCUT2D eigenvalue weighted by Gasteiger charge is -2.24. The average Bonchev–Trinajstić information content (AvgIpc) is 2.79. The molecule has 8 heteroatoms. The summed E-state index contributed by atoms with van der Waals surface area (Å²) in [5.74, 6) is 0.479. The number of thioether (sulfide) groups is 1. The zero-order valence-corrected chi connectivity index (χ0v) is 19.2. The van der Waals surface area contributed by atoms with Gasteiger partial charge in [0.05, 0.1) is 10.6 Å². The molecule has 31 heavy (non-hydrogen) atoms. The van der Waals surface area contributed by atoms with Gasteiger partial charge in [0.15, 0.2) is 0 Å². The van der Waals surface area contributed by atoms with Crippen molar-refractivity contribution in [1.82, 2.24) is 5.32 Å². The van der Waals surface area contributed by atoms with E-state index in [0.29, 0.717) is 17.3 Å². The maximum absolute atomic E-state index is 13.2. The van der Waals surface area contributed by atoms with E-state index in [-0.39, 0.29) is 17.3 Å². The Labute approximate surface area is 192 Å². The lowest BCUT2D eigenvalue weighted by Crippen LogP contribution is -2.41. The maximum Gasteiger partial charge on any atom is 0.264 e. The first-order valence-corrected chi connectivity index (χ1v) is 12.5. The number of nitrogens with zero attached hydrogens (tertiary/aromatic N) is 1. The summed E-state index contributed by atoms with van der Waals surface area (Å²) in [6.45, 7) is 0.180. The molecular formula is C23H23ClN2O3S2. The number of anilines is 1. The van der Waals surface area contributed by atoms with E-state index >= 15 is 0 Å². The summed E-state index contributed by atoms with van der Waals surface area (Å²) >= 11 is 7.56. The van der Waals surface area contributed by atoms with Crippen LogP contribution in [0.4, 0.5) is 5.69 Å². The highest BCUT2D eigenvalue weighted by molar-refractivity contribution is 7.99. The Hall–Kier alpha value is -2.48. The molecule has 0 aliphatic rings. The minimum absolute atomic E-state index is 0.144. The van der Waals surface area contributed by atoms with Gasteiger partial charge in [-0.15, -0.1) is 11.8 Å². The summed E-state index contributed by atoms with van der Waals surface area (Å²) in [4.78, 5) is 13.8. The van der Waals surface area contributed by atoms with E-state index in [4.69, 9.17) is 11.6 Å². The maximum atomic E-state index is 13.2. The largest absolute Gasteiger partial charge is 0.354 e. The molecule has 3 aromatic rings. The van der Waals surface area contributed by atoms with Gasteiger partial charge in [0.1, 0.15) is 6.54 Å².